The number of hydrogen-bond acceptors (Lipinski definition) is 9. The predicted molar refractivity (Wildman–Crippen MR) is 243 cm³/mol. The second-order valence-electron chi connectivity index (χ2n) is 20.2. The molecule has 0 spiro atoms. The molecule has 4 rings (SSSR count). The van der Waals surface area contributed by atoms with Crippen molar-refractivity contribution >= 4 is 35.8 Å². The maximum absolute atomic E-state index is 13.8. The van der Waals surface area contributed by atoms with Crippen LogP contribution in [0, 0.1) is 30.6 Å². The van der Waals surface area contributed by atoms with Crippen molar-refractivity contribution in [2.45, 2.75) is 178 Å². The molecule has 342 valence electrons. The summed E-state index contributed by atoms with van der Waals surface area (Å²) in [6.07, 6.45) is 3.96. The SMILES string of the molecule is CC[C@H]1O[C@@H](c2cc(Cc3ccc(/C=C/C(C)(C)C(=O)CC(C)(C)C(=O)NC4CCN(C(=O)OC(C)(C)C)CC4)cc3C)c(C(C)C)cc2C)[C@H](OC(C)=O)[C@@H](OC(C)=O)[C@@H]1C. The van der Waals surface area contributed by atoms with Crippen molar-refractivity contribution in [1.82, 2.24) is 10.2 Å². The first-order valence-corrected chi connectivity index (χ1v) is 22.5. The molecule has 0 aliphatic carbocycles. The molecule has 2 fully saturated rings. The van der Waals surface area contributed by atoms with Crippen molar-refractivity contribution in [3.8, 4) is 0 Å². The van der Waals surface area contributed by atoms with Gasteiger partial charge in [-0.1, -0.05) is 84.0 Å². The van der Waals surface area contributed by atoms with Crippen LogP contribution in [0.3, 0.4) is 0 Å². The Labute approximate surface area is 371 Å². The van der Waals surface area contributed by atoms with E-state index in [1.165, 1.54) is 19.4 Å². The Hall–Kier alpha value is -4.51. The molecule has 2 aromatic rings. The zero-order valence-electron chi connectivity index (χ0n) is 40.2. The normalized spacial score (nSPS) is 21.5. The number of esters is 2. The van der Waals surface area contributed by atoms with Crippen LogP contribution in [0.1, 0.15) is 167 Å². The number of ketones is 1. The van der Waals surface area contributed by atoms with E-state index in [0.717, 1.165) is 33.4 Å². The predicted octanol–water partition coefficient (Wildman–Crippen LogP) is 9.91. The van der Waals surface area contributed by atoms with Gasteiger partial charge in [0.1, 0.15) is 23.6 Å². The van der Waals surface area contributed by atoms with Gasteiger partial charge in [-0.05, 0) is 119 Å². The van der Waals surface area contributed by atoms with E-state index < -0.39 is 46.7 Å². The van der Waals surface area contributed by atoms with Crippen LogP contribution in [-0.4, -0.2) is 77.7 Å². The first-order valence-electron chi connectivity index (χ1n) is 22.5. The highest BCUT2D eigenvalue weighted by Crippen LogP contribution is 2.42. The number of Topliss-reactive ketones (excluding diaryl/α,β-unsaturated/α-hetero) is 1. The lowest BCUT2D eigenvalue weighted by atomic mass is 9.77. The molecule has 62 heavy (non-hydrogen) atoms. The molecule has 2 heterocycles. The molecule has 0 bridgehead atoms. The number of ether oxygens (including phenoxy) is 4. The molecular formula is C51H74N2O9. The Kier molecular flexibility index (Phi) is 16.4. The number of piperidine rings is 1. The average Bonchev–Trinajstić information content (AvgIpc) is 3.16. The monoisotopic (exact) mass is 859 g/mol. The average molecular weight is 859 g/mol. The number of nitrogens with one attached hydrogen (secondary N) is 1. The van der Waals surface area contributed by atoms with Crippen molar-refractivity contribution in [3.05, 3.63) is 75.4 Å². The zero-order valence-corrected chi connectivity index (χ0v) is 40.2. The molecule has 5 atom stereocenters. The summed E-state index contributed by atoms with van der Waals surface area (Å²) in [5, 5.41) is 3.14. The molecule has 11 nitrogen and oxygen atoms in total. The summed E-state index contributed by atoms with van der Waals surface area (Å²) in [4.78, 5) is 66.1. The van der Waals surface area contributed by atoms with E-state index in [9.17, 15) is 24.0 Å². The van der Waals surface area contributed by atoms with Gasteiger partial charge in [0.25, 0.3) is 0 Å². The largest absolute Gasteiger partial charge is 0.458 e. The minimum atomic E-state index is -0.919. The highest BCUT2D eigenvalue weighted by Gasteiger charge is 2.48. The van der Waals surface area contributed by atoms with E-state index in [1.54, 1.807) is 4.90 Å². The minimum Gasteiger partial charge on any atom is -0.458 e. The lowest BCUT2D eigenvalue weighted by molar-refractivity contribution is -0.225. The number of benzene rings is 2. The van der Waals surface area contributed by atoms with E-state index >= 15 is 0 Å². The molecule has 0 saturated carbocycles. The third-order valence-electron chi connectivity index (χ3n) is 12.4. The van der Waals surface area contributed by atoms with E-state index in [2.05, 4.69) is 56.4 Å². The van der Waals surface area contributed by atoms with Gasteiger partial charge >= 0.3 is 18.0 Å². The summed E-state index contributed by atoms with van der Waals surface area (Å²) in [6, 6.07) is 10.6. The summed E-state index contributed by atoms with van der Waals surface area (Å²) in [7, 11) is 0. The van der Waals surface area contributed by atoms with Crippen molar-refractivity contribution in [1.29, 1.82) is 0 Å². The second-order valence-corrected chi connectivity index (χ2v) is 20.2. The molecule has 0 aromatic heterocycles. The Morgan fingerprint density at radius 1 is 0.871 bits per heavy atom. The van der Waals surface area contributed by atoms with Gasteiger partial charge in [-0.2, -0.15) is 0 Å². The Morgan fingerprint density at radius 3 is 2.03 bits per heavy atom. The Balaban J connectivity index is 1.48. The topological polar surface area (TPSA) is 138 Å². The molecule has 2 aliphatic rings. The van der Waals surface area contributed by atoms with Crippen LogP contribution in [-0.2, 0) is 44.5 Å². The van der Waals surface area contributed by atoms with Crippen molar-refractivity contribution < 1.29 is 42.9 Å². The molecule has 2 saturated heterocycles. The molecule has 11 heteroatoms. The van der Waals surface area contributed by atoms with E-state index in [1.807, 2.05) is 81.4 Å². The second kappa shape index (κ2) is 20.3. The van der Waals surface area contributed by atoms with E-state index in [-0.39, 0.29) is 48.2 Å². The number of allylic oxidation sites excluding steroid dienone is 1. The fraction of sp³-hybridized carbons (Fsp3) is 0.627. The standard InChI is InChI=1S/C51H74N2O9/c1-16-42-33(6)44(59-34(7)54)46(60-35(8)55)45(61-42)41-28-38(40(30(2)3)26-32(41)5)27-37-18-17-36(25-31(37)4)19-22-50(12,13)43(56)29-51(14,15)47(57)52-39-20-23-53(24-21-39)48(58)62-49(9,10)11/h17-19,22,25-26,28,30,33,39,42,44-46H,16,20-21,23-24,27,29H2,1-15H3,(H,52,57)/b22-19+/t33-,42-,44+,45+,46-/m1/s1. The lowest BCUT2D eigenvalue weighted by Crippen LogP contribution is -2.53. The van der Waals surface area contributed by atoms with Gasteiger partial charge in [0.2, 0.25) is 5.91 Å². The van der Waals surface area contributed by atoms with Gasteiger partial charge in [0, 0.05) is 50.7 Å². The summed E-state index contributed by atoms with van der Waals surface area (Å²) in [5.41, 5.74) is 5.19. The van der Waals surface area contributed by atoms with E-state index in [4.69, 9.17) is 18.9 Å². The third-order valence-corrected chi connectivity index (χ3v) is 12.4. The van der Waals surface area contributed by atoms with Crippen molar-refractivity contribution in [3.63, 3.8) is 0 Å². The number of rotatable bonds is 14. The van der Waals surface area contributed by atoms with Gasteiger partial charge in [0.15, 0.2) is 6.10 Å². The fourth-order valence-corrected chi connectivity index (χ4v) is 8.52. The van der Waals surface area contributed by atoms with Gasteiger partial charge < -0.3 is 29.2 Å². The van der Waals surface area contributed by atoms with Gasteiger partial charge in [-0.25, -0.2) is 4.79 Å². The Bertz CT molecular complexity index is 1980. The van der Waals surface area contributed by atoms with Crippen molar-refractivity contribution in [2.75, 3.05) is 13.1 Å². The number of aryl methyl sites for hydroxylation is 2. The highest BCUT2D eigenvalue weighted by molar-refractivity contribution is 5.93. The summed E-state index contributed by atoms with van der Waals surface area (Å²) >= 11 is 0. The number of nitrogens with zero attached hydrogens (tertiary/aromatic N) is 1. The summed E-state index contributed by atoms with van der Waals surface area (Å²) in [5.74, 6) is -1.03. The van der Waals surface area contributed by atoms with E-state index in [0.29, 0.717) is 38.8 Å². The molecule has 0 unspecified atom stereocenters. The smallest absolute Gasteiger partial charge is 0.410 e. The fourth-order valence-electron chi connectivity index (χ4n) is 8.52. The van der Waals surface area contributed by atoms with Gasteiger partial charge in [-0.3, -0.25) is 19.2 Å². The van der Waals surface area contributed by atoms with Crippen molar-refractivity contribution in [2.24, 2.45) is 16.7 Å². The quantitative estimate of drug-likeness (QED) is 0.145. The maximum atomic E-state index is 13.8. The molecule has 2 aliphatic heterocycles. The minimum absolute atomic E-state index is 0.0323. The Morgan fingerprint density at radius 2 is 1.48 bits per heavy atom. The zero-order chi connectivity index (χ0) is 46.5. The lowest BCUT2D eigenvalue weighted by Gasteiger charge is -2.45. The molecule has 1 N–H and O–H groups in total. The summed E-state index contributed by atoms with van der Waals surface area (Å²) in [6.45, 7) is 29.2. The number of amides is 2. The first-order chi connectivity index (χ1) is 28.7. The van der Waals surface area contributed by atoms with Gasteiger partial charge in [0.05, 0.1) is 11.5 Å². The van der Waals surface area contributed by atoms with Crippen LogP contribution in [0.15, 0.2) is 36.4 Å². The first kappa shape index (κ1) is 50.1. The number of carbonyl (C=O) groups is 5. The van der Waals surface area contributed by atoms with Crippen LogP contribution in [0.2, 0.25) is 0 Å². The van der Waals surface area contributed by atoms with Crippen LogP contribution >= 0.6 is 0 Å². The van der Waals surface area contributed by atoms with Crippen LogP contribution in [0.25, 0.3) is 6.08 Å². The highest BCUT2D eigenvalue weighted by atomic mass is 16.6. The molecule has 2 aromatic carbocycles. The number of likely N-dealkylation sites (tertiary alicyclic amines) is 1. The number of hydrogen-bond donors (Lipinski definition) is 1. The summed E-state index contributed by atoms with van der Waals surface area (Å²) < 4.78 is 23.9. The third kappa shape index (κ3) is 13.0. The van der Waals surface area contributed by atoms with Crippen LogP contribution in [0.5, 0.6) is 0 Å². The number of carbonyl (C=O) groups excluding carboxylic acids is 5. The van der Waals surface area contributed by atoms with Gasteiger partial charge in [-0.15, -0.1) is 0 Å². The molecule has 0 radical (unpaired) electrons. The molecule has 2 amide bonds. The van der Waals surface area contributed by atoms with Crippen LogP contribution in [0.4, 0.5) is 4.79 Å². The van der Waals surface area contributed by atoms with Crippen LogP contribution < -0.4 is 5.32 Å². The maximum Gasteiger partial charge on any atom is 0.410 e. The molecular weight excluding hydrogens is 785 g/mol.